The summed E-state index contributed by atoms with van der Waals surface area (Å²) in [6, 6.07) is 12.8. The minimum atomic E-state index is -0.460. The second-order valence-electron chi connectivity index (χ2n) is 5.59. The van der Waals surface area contributed by atoms with Crippen molar-refractivity contribution in [1.29, 1.82) is 0 Å². The molecule has 136 valence electrons. The maximum atomic E-state index is 10.7. The summed E-state index contributed by atoms with van der Waals surface area (Å²) >= 11 is 6.03. The van der Waals surface area contributed by atoms with Gasteiger partial charge in [-0.25, -0.2) is 0 Å². The molecule has 0 aliphatic rings. The molecule has 0 bridgehead atoms. The lowest BCUT2D eigenvalue weighted by atomic mass is 10.2. The summed E-state index contributed by atoms with van der Waals surface area (Å²) < 4.78 is 0. The molecule has 0 aromatic heterocycles. The fourth-order valence-electron chi connectivity index (χ4n) is 2.19. The largest absolute Gasteiger partial charge is 1.00 e. The van der Waals surface area contributed by atoms with Gasteiger partial charge in [0.25, 0.3) is 5.69 Å². The summed E-state index contributed by atoms with van der Waals surface area (Å²) in [5, 5.41) is 17.5. The van der Waals surface area contributed by atoms with E-state index in [4.69, 9.17) is 11.6 Å². The van der Waals surface area contributed by atoms with Crippen molar-refractivity contribution in [2.45, 2.75) is 6.54 Å². The van der Waals surface area contributed by atoms with Crippen molar-refractivity contribution in [1.82, 2.24) is 5.32 Å². The van der Waals surface area contributed by atoms with Crippen LogP contribution in [0, 0.1) is 10.1 Å². The minimum absolute atomic E-state index is 0. The normalized spacial score (nSPS) is 10.0. The molecule has 0 fully saturated rings. The average Bonchev–Trinajstić information content (AvgIpc) is 2.56. The van der Waals surface area contributed by atoms with E-state index in [0.717, 1.165) is 13.1 Å². The van der Waals surface area contributed by atoms with E-state index < -0.39 is 4.92 Å². The summed E-state index contributed by atoms with van der Waals surface area (Å²) in [7, 11) is 4.03. The molecule has 0 aliphatic heterocycles. The van der Waals surface area contributed by atoms with Crippen LogP contribution in [0.3, 0.4) is 0 Å². The van der Waals surface area contributed by atoms with E-state index in [9.17, 15) is 10.1 Å². The van der Waals surface area contributed by atoms with Gasteiger partial charge in [-0.3, -0.25) is 10.1 Å². The van der Waals surface area contributed by atoms with Crippen LogP contribution >= 0.6 is 11.6 Å². The van der Waals surface area contributed by atoms with Crippen molar-refractivity contribution in [3.63, 3.8) is 0 Å². The Kier molecular flexibility index (Phi) is 8.48. The Hall–Kier alpha value is -2.02. The van der Waals surface area contributed by atoms with Gasteiger partial charge in [0, 0.05) is 51.5 Å². The highest BCUT2D eigenvalue weighted by Crippen LogP contribution is 2.26. The lowest BCUT2D eigenvalue weighted by Gasteiger charge is -2.13. The maximum Gasteiger partial charge on any atom is 0.271 e. The molecular weight excluding hydrogens is 363 g/mol. The SMILES string of the molecule is CN(C)c1ccc(CNCCNc2ccc([N+](=O)[O-])cc2Cl)cc1.[Cl-]. The molecule has 0 spiro atoms. The van der Waals surface area contributed by atoms with Gasteiger partial charge in [-0.1, -0.05) is 23.7 Å². The zero-order valence-electron chi connectivity index (χ0n) is 14.1. The first-order chi connectivity index (χ1) is 11.5. The zero-order valence-corrected chi connectivity index (χ0v) is 15.6. The van der Waals surface area contributed by atoms with Gasteiger partial charge in [0.2, 0.25) is 0 Å². The number of halogens is 2. The highest BCUT2D eigenvalue weighted by Gasteiger charge is 2.08. The molecule has 0 heterocycles. The van der Waals surface area contributed by atoms with E-state index in [1.54, 1.807) is 6.07 Å². The lowest BCUT2D eigenvalue weighted by Crippen LogP contribution is -3.00. The topological polar surface area (TPSA) is 70.4 Å². The molecule has 2 rings (SSSR count). The van der Waals surface area contributed by atoms with Crippen molar-refractivity contribution in [2.24, 2.45) is 0 Å². The van der Waals surface area contributed by atoms with Crippen molar-refractivity contribution < 1.29 is 17.3 Å². The molecule has 0 atom stereocenters. The molecule has 0 saturated heterocycles. The first-order valence-corrected chi connectivity index (χ1v) is 8.00. The van der Waals surface area contributed by atoms with E-state index in [1.807, 2.05) is 14.1 Å². The number of nitrogens with zero attached hydrogens (tertiary/aromatic N) is 2. The van der Waals surface area contributed by atoms with Crippen LogP contribution in [-0.2, 0) is 6.54 Å². The second-order valence-corrected chi connectivity index (χ2v) is 5.99. The highest BCUT2D eigenvalue weighted by atomic mass is 35.5. The Bertz CT molecular complexity index is 694. The highest BCUT2D eigenvalue weighted by molar-refractivity contribution is 6.33. The molecular formula is C17H21Cl2N4O2-. The predicted molar refractivity (Wildman–Crippen MR) is 99.1 cm³/mol. The van der Waals surface area contributed by atoms with E-state index in [2.05, 4.69) is 39.8 Å². The van der Waals surface area contributed by atoms with Gasteiger partial charge in [-0.15, -0.1) is 0 Å². The molecule has 6 nitrogen and oxygen atoms in total. The Morgan fingerprint density at radius 3 is 2.36 bits per heavy atom. The van der Waals surface area contributed by atoms with E-state index >= 15 is 0 Å². The van der Waals surface area contributed by atoms with Gasteiger partial charge in [0.05, 0.1) is 15.6 Å². The second kappa shape index (κ2) is 10.1. The molecule has 2 aromatic rings. The monoisotopic (exact) mass is 383 g/mol. The first kappa shape index (κ1) is 21.0. The lowest BCUT2D eigenvalue weighted by molar-refractivity contribution is -0.384. The molecule has 8 heteroatoms. The maximum absolute atomic E-state index is 10.7. The van der Waals surface area contributed by atoms with Gasteiger partial charge >= 0.3 is 0 Å². The van der Waals surface area contributed by atoms with Crippen LogP contribution in [0.25, 0.3) is 0 Å². The number of nitrogens with one attached hydrogen (secondary N) is 2. The third kappa shape index (κ3) is 6.42. The summed E-state index contributed by atoms with van der Waals surface area (Å²) in [6.45, 7) is 2.21. The summed E-state index contributed by atoms with van der Waals surface area (Å²) in [6.07, 6.45) is 0. The number of anilines is 2. The van der Waals surface area contributed by atoms with Crippen LogP contribution in [0.15, 0.2) is 42.5 Å². The van der Waals surface area contributed by atoms with Crippen LogP contribution in [0.5, 0.6) is 0 Å². The third-order valence-electron chi connectivity index (χ3n) is 3.56. The number of nitro benzene ring substituents is 1. The standard InChI is InChI=1S/C17H21ClN4O2.ClH/c1-21(2)14-5-3-13(4-6-14)12-19-9-10-20-17-8-7-15(22(23)24)11-16(17)18;/h3-8,11,19-20H,9-10,12H2,1-2H3;1H/p-1. The Labute approximate surface area is 158 Å². The average molecular weight is 384 g/mol. The number of rotatable bonds is 8. The summed E-state index contributed by atoms with van der Waals surface area (Å²) in [4.78, 5) is 12.3. The van der Waals surface area contributed by atoms with Crippen LogP contribution in [0.1, 0.15) is 5.56 Å². The fraction of sp³-hybridized carbons (Fsp3) is 0.294. The summed E-state index contributed by atoms with van der Waals surface area (Å²) in [5.74, 6) is 0. The molecule has 2 N–H and O–H groups in total. The predicted octanol–water partition coefficient (Wildman–Crippen LogP) is 0.520. The van der Waals surface area contributed by atoms with Crippen molar-refractivity contribution in [3.8, 4) is 0 Å². The quantitative estimate of drug-likeness (QED) is 0.395. The Morgan fingerprint density at radius 1 is 1.12 bits per heavy atom. The van der Waals surface area contributed by atoms with Crippen LogP contribution in [-0.4, -0.2) is 32.1 Å². The third-order valence-corrected chi connectivity index (χ3v) is 3.88. The van der Waals surface area contributed by atoms with Gasteiger partial charge in [0.15, 0.2) is 0 Å². The van der Waals surface area contributed by atoms with Gasteiger partial charge in [-0.2, -0.15) is 0 Å². The number of hydrogen-bond donors (Lipinski definition) is 2. The molecule has 2 aromatic carbocycles. The van der Waals surface area contributed by atoms with Crippen molar-refractivity contribution in [2.75, 3.05) is 37.4 Å². The van der Waals surface area contributed by atoms with Crippen LogP contribution in [0.2, 0.25) is 5.02 Å². The van der Waals surface area contributed by atoms with E-state index in [1.165, 1.54) is 23.4 Å². The first-order valence-electron chi connectivity index (χ1n) is 7.62. The molecule has 0 amide bonds. The minimum Gasteiger partial charge on any atom is -1.00 e. The number of non-ortho nitro benzene ring substituents is 1. The van der Waals surface area contributed by atoms with Crippen LogP contribution < -0.4 is 27.9 Å². The Balaban J connectivity index is 0.00000312. The smallest absolute Gasteiger partial charge is 0.271 e. The van der Waals surface area contributed by atoms with Crippen molar-refractivity contribution >= 4 is 28.7 Å². The van der Waals surface area contributed by atoms with Gasteiger partial charge < -0.3 is 27.9 Å². The number of hydrogen-bond acceptors (Lipinski definition) is 5. The molecule has 25 heavy (non-hydrogen) atoms. The molecule has 0 aliphatic carbocycles. The van der Waals surface area contributed by atoms with Crippen LogP contribution in [0.4, 0.5) is 17.1 Å². The zero-order chi connectivity index (χ0) is 17.5. The van der Waals surface area contributed by atoms with E-state index in [0.29, 0.717) is 17.3 Å². The fourth-order valence-corrected chi connectivity index (χ4v) is 2.43. The molecule has 0 saturated carbocycles. The number of benzene rings is 2. The molecule has 0 radical (unpaired) electrons. The Morgan fingerprint density at radius 2 is 1.80 bits per heavy atom. The summed E-state index contributed by atoms with van der Waals surface area (Å²) in [5.41, 5.74) is 3.08. The number of nitro groups is 1. The molecule has 0 unspecified atom stereocenters. The van der Waals surface area contributed by atoms with Gasteiger partial charge in [0.1, 0.15) is 0 Å². The van der Waals surface area contributed by atoms with Gasteiger partial charge in [-0.05, 0) is 23.8 Å². The van der Waals surface area contributed by atoms with Crippen molar-refractivity contribution in [3.05, 3.63) is 63.2 Å². The van der Waals surface area contributed by atoms with E-state index in [-0.39, 0.29) is 18.1 Å².